The number of aromatic nitrogens is 2. The highest BCUT2D eigenvalue weighted by molar-refractivity contribution is 7.89. The van der Waals surface area contributed by atoms with Gasteiger partial charge in [-0.1, -0.05) is 55.5 Å². The van der Waals surface area contributed by atoms with Crippen LogP contribution < -0.4 is 0 Å². The van der Waals surface area contributed by atoms with Gasteiger partial charge in [0, 0.05) is 30.4 Å². The molecule has 1 fully saturated rings. The zero-order chi connectivity index (χ0) is 20.1. The first-order valence-corrected chi connectivity index (χ1v) is 11.1. The minimum Gasteiger partial charge on any atom is -0.361 e. The molecule has 0 saturated carbocycles. The van der Waals surface area contributed by atoms with Crippen LogP contribution in [0, 0.1) is 0 Å². The lowest BCUT2D eigenvalue weighted by Crippen LogP contribution is -2.61. The Labute approximate surface area is 170 Å². The summed E-state index contributed by atoms with van der Waals surface area (Å²) in [6.07, 6.45) is 2.46. The minimum atomic E-state index is -3.55. The molecule has 2 aliphatic heterocycles. The van der Waals surface area contributed by atoms with Gasteiger partial charge >= 0.3 is 0 Å². The van der Waals surface area contributed by atoms with Crippen LogP contribution in [0.4, 0.5) is 0 Å². The van der Waals surface area contributed by atoms with Crippen molar-refractivity contribution in [3.63, 3.8) is 0 Å². The van der Waals surface area contributed by atoms with Gasteiger partial charge in [0.15, 0.2) is 5.82 Å². The van der Waals surface area contributed by atoms with E-state index in [2.05, 4.69) is 9.97 Å². The Hall–Kier alpha value is -2.61. The van der Waals surface area contributed by atoms with Crippen LogP contribution >= 0.6 is 0 Å². The van der Waals surface area contributed by atoms with Gasteiger partial charge in [0.05, 0.1) is 17.2 Å². The quantitative estimate of drug-likeness (QED) is 0.664. The fourth-order valence-electron chi connectivity index (χ4n) is 4.06. The standard InChI is InChI=1S/C22H21N3O3S/c1-2-16-8-6-7-11-20(16)29(26,27)25-14-22(15-25)18-12-23-21(24-19(18)13-28-22)17-9-4-3-5-10-17/h3-12H,2,13-15H2,1H3. The Bertz CT molecular complexity index is 1170. The molecule has 2 aliphatic rings. The van der Waals surface area contributed by atoms with Crippen LogP contribution in [0.2, 0.25) is 0 Å². The van der Waals surface area contributed by atoms with Crippen molar-refractivity contribution in [1.82, 2.24) is 14.3 Å². The second-order valence-electron chi connectivity index (χ2n) is 7.44. The predicted octanol–water partition coefficient (Wildman–Crippen LogP) is 3.14. The fourth-order valence-corrected chi connectivity index (χ4v) is 5.89. The highest BCUT2D eigenvalue weighted by Gasteiger charge is 2.55. The van der Waals surface area contributed by atoms with Crippen LogP contribution in [0.3, 0.4) is 0 Å². The third-order valence-electron chi connectivity index (χ3n) is 5.71. The number of rotatable bonds is 4. The monoisotopic (exact) mass is 407 g/mol. The summed E-state index contributed by atoms with van der Waals surface area (Å²) < 4.78 is 33.8. The molecule has 6 nitrogen and oxygen atoms in total. The molecule has 2 aromatic carbocycles. The maximum absolute atomic E-state index is 13.1. The molecular formula is C22H21N3O3S. The summed E-state index contributed by atoms with van der Waals surface area (Å²) in [7, 11) is -3.55. The van der Waals surface area contributed by atoms with Crippen molar-refractivity contribution < 1.29 is 13.2 Å². The maximum atomic E-state index is 13.1. The molecule has 1 saturated heterocycles. The average Bonchev–Trinajstić information content (AvgIpc) is 3.12. The molecule has 0 atom stereocenters. The molecule has 3 aromatic rings. The zero-order valence-corrected chi connectivity index (χ0v) is 16.9. The summed E-state index contributed by atoms with van der Waals surface area (Å²) in [5, 5.41) is 0. The van der Waals surface area contributed by atoms with E-state index in [4.69, 9.17) is 4.74 Å². The van der Waals surface area contributed by atoms with E-state index in [1.54, 1.807) is 18.3 Å². The van der Waals surface area contributed by atoms with E-state index in [9.17, 15) is 8.42 Å². The van der Waals surface area contributed by atoms with Gasteiger partial charge in [-0.05, 0) is 18.1 Å². The van der Waals surface area contributed by atoms with Gasteiger partial charge in [-0.15, -0.1) is 0 Å². The van der Waals surface area contributed by atoms with Crippen LogP contribution in [-0.4, -0.2) is 35.8 Å². The molecule has 0 aliphatic carbocycles. The Morgan fingerprint density at radius 1 is 1.07 bits per heavy atom. The molecule has 0 amide bonds. The van der Waals surface area contributed by atoms with Crippen LogP contribution in [0.5, 0.6) is 0 Å². The van der Waals surface area contributed by atoms with E-state index >= 15 is 0 Å². The summed E-state index contributed by atoms with van der Waals surface area (Å²) in [5.41, 5.74) is 2.87. The van der Waals surface area contributed by atoms with Gasteiger partial charge in [-0.25, -0.2) is 18.4 Å². The SMILES string of the molecule is CCc1ccccc1S(=O)(=O)N1CC2(C1)OCc1nc(-c3ccccc3)ncc12. The first-order chi connectivity index (χ1) is 14.0. The van der Waals surface area contributed by atoms with Gasteiger partial charge in [0.2, 0.25) is 10.0 Å². The van der Waals surface area contributed by atoms with Crippen molar-refractivity contribution in [2.24, 2.45) is 0 Å². The number of ether oxygens (including phenoxy) is 1. The number of hydrogen-bond acceptors (Lipinski definition) is 5. The summed E-state index contributed by atoms with van der Waals surface area (Å²) in [5.74, 6) is 0.658. The zero-order valence-electron chi connectivity index (χ0n) is 16.1. The smallest absolute Gasteiger partial charge is 0.243 e. The van der Waals surface area contributed by atoms with Crippen molar-refractivity contribution in [3.8, 4) is 11.4 Å². The Morgan fingerprint density at radius 3 is 2.55 bits per heavy atom. The van der Waals surface area contributed by atoms with E-state index in [1.807, 2.05) is 49.4 Å². The summed E-state index contributed by atoms with van der Waals surface area (Å²) >= 11 is 0. The molecule has 148 valence electrons. The second kappa shape index (κ2) is 6.73. The number of aryl methyl sites for hydroxylation is 1. The van der Waals surface area contributed by atoms with Crippen LogP contribution in [0.1, 0.15) is 23.7 Å². The summed E-state index contributed by atoms with van der Waals surface area (Å²) in [6.45, 7) is 2.91. The van der Waals surface area contributed by atoms with E-state index in [1.165, 1.54) is 4.31 Å². The van der Waals surface area contributed by atoms with Crippen molar-refractivity contribution >= 4 is 10.0 Å². The van der Waals surface area contributed by atoms with Gasteiger partial charge in [0.1, 0.15) is 5.60 Å². The molecule has 5 rings (SSSR count). The maximum Gasteiger partial charge on any atom is 0.243 e. The number of benzene rings is 2. The first kappa shape index (κ1) is 18.4. The normalized spacial score (nSPS) is 17.8. The van der Waals surface area contributed by atoms with Crippen molar-refractivity contribution in [2.75, 3.05) is 13.1 Å². The number of fused-ring (bicyclic) bond motifs is 2. The molecule has 1 aromatic heterocycles. The number of sulfonamides is 1. The highest BCUT2D eigenvalue weighted by Crippen LogP contribution is 2.45. The lowest BCUT2D eigenvalue weighted by molar-refractivity contribution is -0.112. The van der Waals surface area contributed by atoms with Crippen molar-refractivity contribution in [3.05, 3.63) is 77.6 Å². The summed E-state index contributed by atoms with van der Waals surface area (Å²) in [4.78, 5) is 9.56. The molecule has 0 N–H and O–H groups in total. The molecule has 0 radical (unpaired) electrons. The first-order valence-electron chi connectivity index (χ1n) is 9.67. The highest BCUT2D eigenvalue weighted by atomic mass is 32.2. The molecule has 0 unspecified atom stereocenters. The molecule has 1 spiro atoms. The van der Waals surface area contributed by atoms with Crippen molar-refractivity contribution in [1.29, 1.82) is 0 Å². The second-order valence-corrected chi connectivity index (χ2v) is 9.34. The van der Waals surface area contributed by atoms with Crippen LogP contribution in [0.25, 0.3) is 11.4 Å². The van der Waals surface area contributed by atoms with E-state index in [-0.39, 0.29) is 13.1 Å². The third-order valence-corrected chi connectivity index (χ3v) is 7.60. The van der Waals surface area contributed by atoms with Gasteiger partial charge < -0.3 is 4.74 Å². The lowest BCUT2D eigenvalue weighted by Gasteiger charge is -2.46. The number of nitrogens with zero attached hydrogens (tertiary/aromatic N) is 3. The van der Waals surface area contributed by atoms with Gasteiger partial charge in [-0.2, -0.15) is 4.31 Å². The minimum absolute atomic E-state index is 0.286. The lowest BCUT2D eigenvalue weighted by atomic mass is 9.90. The van der Waals surface area contributed by atoms with Gasteiger partial charge in [0.25, 0.3) is 0 Å². The third kappa shape index (κ3) is 2.88. The molecule has 3 heterocycles. The van der Waals surface area contributed by atoms with E-state index in [0.29, 0.717) is 23.7 Å². The largest absolute Gasteiger partial charge is 0.361 e. The average molecular weight is 407 g/mol. The molecular weight excluding hydrogens is 386 g/mol. The fraction of sp³-hybridized carbons (Fsp3) is 0.273. The van der Waals surface area contributed by atoms with Crippen molar-refractivity contribution in [2.45, 2.75) is 30.4 Å². The Kier molecular flexibility index (Phi) is 4.27. The Balaban J connectivity index is 1.41. The van der Waals surface area contributed by atoms with E-state index in [0.717, 1.165) is 22.4 Å². The molecule has 29 heavy (non-hydrogen) atoms. The molecule has 7 heteroatoms. The summed E-state index contributed by atoms with van der Waals surface area (Å²) in [6, 6.07) is 17.0. The van der Waals surface area contributed by atoms with Crippen LogP contribution in [0.15, 0.2) is 65.7 Å². The number of hydrogen-bond donors (Lipinski definition) is 0. The topological polar surface area (TPSA) is 72.4 Å². The van der Waals surface area contributed by atoms with Gasteiger partial charge in [-0.3, -0.25) is 0 Å². The Morgan fingerprint density at radius 2 is 1.79 bits per heavy atom. The predicted molar refractivity (Wildman–Crippen MR) is 109 cm³/mol. The molecule has 0 bridgehead atoms. The van der Waals surface area contributed by atoms with E-state index < -0.39 is 15.6 Å². The van der Waals surface area contributed by atoms with Crippen LogP contribution in [-0.2, 0) is 33.4 Å².